The summed E-state index contributed by atoms with van der Waals surface area (Å²) in [6, 6.07) is 0. The first-order valence-electron chi connectivity index (χ1n) is 8.31. The highest BCUT2D eigenvalue weighted by Gasteiger charge is 2.16. The van der Waals surface area contributed by atoms with Gasteiger partial charge in [-0.05, 0) is 27.2 Å². The predicted octanol–water partition coefficient (Wildman–Crippen LogP) is 5.86. The van der Waals surface area contributed by atoms with Crippen LogP contribution in [0.5, 0.6) is 0 Å². The van der Waals surface area contributed by atoms with Crippen molar-refractivity contribution in [1.29, 1.82) is 0 Å². The number of unbranched alkanes of at least 4 members (excludes halogenated alkanes) is 9. The van der Waals surface area contributed by atoms with Gasteiger partial charge in [0.15, 0.2) is 0 Å². The molecule has 0 aliphatic rings. The van der Waals surface area contributed by atoms with E-state index in [1.54, 1.807) is 0 Å². The van der Waals surface area contributed by atoms with E-state index >= 15 is 0 Å². The Balaban J connectivity index is 3.19. The molecule has 0 unspecified atom stereocenters. The fourth-order valence-electron chi connectivity index (χ4n) is 2.02. The molecule has 0 saturated heterocycles. The van der Waals surface area contributed by atoms with Gasteiger partial charge in [-0.15, -0.1) is 0 Å². The molecule has 0 aliphatic heterocycles. The van der Waals surface area contributed by atoms with Crippen LogP contribution >= 0.6 is 0 Å². The van der Waals surface area contributed by atoms with E-state index < -0.39 is 11.8 Å². The van der Waals surface area contributed by atoms with Crippen LogP contribution in [0, 0.1) is 0 Å². The lowest BCUT2D eigenvalue weighted by Gasteiger charge is -2.18. The number of hydrogen-bond acceptors (Lipinski definition) is 3. The van der Waals surface area contributed by atoms with Gasteiger partial charge in [-0.3, -0.25) is 0 Å². The minimum Gasteiger partial charge on any atom is -0.434 e. The maximum atomic E-state index is 11.3. The summed E-state index contributed by atoms with van der Waals surface area (Å²) in [5.41, 5.74) is -0.463. The van der Waals surface area contributed by atoms with Gasteiger partial charge in [0.2, 0.25) is 0 Å². The highest BCUT2D eigenvalue weighted by molar-refractivity contribution is 5.60. The lowest BCUT2D eigenvalue weighted by molar-refractivity contribution is -0.00770. The van der Waals surface area contributed by atoms with E-state index in [9.17, 15) is 4.79 Å². The molecule has 0 aromatic carbocycles. The molecule has 0 saturated carbocycles. The van der Waals surface area contributed by atoms with Crippen molar-refractivity contribution in [2.45, 2.75) is 97.5 Å². The molecule has 0 aliphatic carbocycles. The molecule has 0 heterocycles. The Morgan fingerprint density at radius 3 is 1.70 bits per heavy atom. The standard InChI is InChI=1S/C17H34O3/c1-5-6-7-8-9-10-11-12-13-14-15-19-16(18)20-17(2,3)4/h5-15H2,1-4H3. The summed E-state index contributed by atoms with van der Waals surface area (Å²) in [6.45, 7) is 8.25. The molecular weight excluding hydrogens is 252 g/mol. The normalized spacial score (nSPS) is 11.4. The molecule has 0 radical (unpaired) electrons. The van der Waals surface area contributed by atoms with Gasteiger partial charge in [0.1, 0.15) is 5.60 Å². The number of rotatable bonds is 11. The van der Waals surface area contributed by atoms with Crippen LogP contribution in [0.25, 0.3) is 0 Å². The van der Waals surface area contributed by atoms with Crippen molar-refractivity contribution in [2.24, 2.45) is 0 Å². The molecule has 120 valence electrons. The summed E-state index contributed by atoms with van der Waals surface area (Å²) in [6.07, 6.45) is 12.3. The Morgan fingerprint density at radius 2 is 1.25 bits per heavy atom. The largest absolute Gasteiger partial charge is 0.508 e. The van der Waals surface area contributed by atoms with Crippen molar-refractivity contribution < 1.29 is 14.3 Å². The molecule has 20 heavy (non-hydrogen) atoms. The topological polar surface area (TPSA) is 35.5 Å². The van der Waals surface area contributed by atoms with Crippen LogP contribution in [-0.2, 0) is 9.47 Å². The Kier molecular flexibility index (Phi) is 11.6. The smallest absolute Gasteiger partial charge is 0.434 e. The zero-order valence-corrected chi connectivity index (χ0v) is 14.0. The molecule has 0 N–H and O–H groups in total. The predicted molar refractivity (Wildman–Crippen MR) is 84.0 cm³/mol. The van der Waals surface area contributed by atoms with E-state index in [1.165, 1.54) is 51.4 Å². The molecule has 0 fully saturated rings. The van der Waals surface area contributed by atoms with Crippen LogP contribution in [0.1, 0.15) is 91.9 Å². The Hall–Kier alpha value is -0.730. The summed E-state index contributed by atoms with van der Waals surface area (Å²) in [5.74, 6) is 0. The molecule has 0 atom stereocenters. The van der Waals surface area contributed by atoms with Crippen molar-refractivity contribution in [3.8, 4) is 0 Å². The van der Waals surface area contributed by atoms with E-state index in [0.717, 1.165) is 12.8 Å². The number of hydrogen-bond donors (Lipinski definition) is 0. The zero-order chi connectivity index (χ0) is 15.3. The summed E-state index contributed by atoms with van der Waals surface area (Å²) in [4.78, 5) is 11.3. The summed E-state index contributed by atoms with van der Waals surface area (Å²) < 4.78 is 10.1. The third kappa shape index (κ3) is 15.3. The number of ether oxygens (including phenoxy) is 2. The first kappa shape index (κ1) is 19.3. The van der Waals surface area contributed by atoms with E-state index in [-0.39, 0.29) is 0 Å². The molecule has 0 bridgehead atoms. The average Bonchev–Trinajstić information content (AvgIpc) is 2.34. The van der Waals surface area contributed by atoms with Crippen molar-refractivity contribution in [1.82, 2.24) is 0 Å². The van der Waals surface area contributed by atoms with Gasteiger partial charge in [0.25, 0.3) is 0 Å². The Labute approximate surface area is 125 Å². The summed E-state index contributed by atoms with van der Waals surface area (Å²) in [5, 5.41) is 0. The maximum Gasteiger partial charge on any atom is 0.508 e. The molecule has 0 rings (SSSR count). The van der Waals surface area contributed by atoms with Crippen molar-refractivity contribution >= 4 is 6.16 Å². The fourth-order valence-corrected chi connectivity index (χ4v) is 2.02. The second-order valence-corrected chi connectivity index (χ2v) is 6.49. The third-order valence-corrected chi connectivity index (χ3v) is 3.11. The van der Waals surface area contributed by atoms with Crippen molar-refractivity contribution in [3.05, 3.63) is 0 Å². The van der Waals surface area contributed by atoms with Gasteiger partial charge in [-0.25, -0.2) is 4.79 Å². The van der Waals surface area contributed by atoms with Gasteiger partial charge >= 0.3 is 6.16 Å². The van der Waals surface area contributed by atoms with Gasteiger partial charge in [-0.2, -0.15) is 0 Å². The van der Waals surface area contributed by atoms with Gasteiger partial charge < -0.3 is 9.47 Å². The van der Waals surface area contributed by atoms with E-state index in [4.69, 9.17) is 9.47 Å². The maximum absolute atomic E-state index is 11.3. The van der Waals surface area contributed by atoms with E-state index in [1.807, 2.05) is 20.8 Å². The first-order chi connectivity index (χ1) is 9.45. The zero-order valence-electron chi connectivity index (χ0n) is 14.0. The molecule has 3 nitrogen and oxygen atoms in total. The minimum absolute atomic E-state index is 0.463. The number of carbonyl (C=O) groups is 1. The van der Waals surface area contributed by atoms with Gasteiger partial charge in [0, 0.05) is 0 Å². The van der Waals surface area contributed by atoms with Crippen LogP contribution in [0.3, 0.4) is 0 Å². The minimum atomic E-state index is -0.548. The SMILES string of the molecule is CCCCCCCCCCCCOC(=O)OC(C)(C)C. The summed E-state index contributed by atoms with van der Waals surface area (Å²) in [7, 11) is 0. The lowest BCUT2D eigenvalue weighted by atomic mass is 10.1. The highest BCUT2D eigenvalue weighted by Crippen LogP contribution is 2.11. The van der Waals surface area contributed by atoms with Crippen LogP contribution in [0.2, 0.25) is 0 Å². The van der Waals surface area contributed by atoms with Crippen molar-refractivity contribution in [3.63, 3.8) is 0 Å². The summed E-state index contributed by atoms with van der Waals surface area (Å²) >= 11 is 0. The van der Waals surface area contributed by atoms with E-state index in [2.05, 4.69) is 6.92 Å². The second-order valence-electron chi connectivity index (χ2n) is 6.49. The first-order valence-corrected chi connectivity index (χ1v) is 8.31. The monoisotopic (exact) mass is 286 g/mol. The molecule has 0 aromatic heterocycles. The molecule has 0 amide bonds. The van der Waals surface area contributed by atoms with Gasteiger partial charge in [-0.1, -0.05) is 64.7 Å². The highest BCUT2D eigenvalue weighted by atomic mass is 16.7. The third-order valence-electron chi connectivity index (χ3n) is 3.11. The lowest BCUT2D eigenvalue weighted by Crippen LogP contribution is -2.24. The molecule has 3 heteroatoms. The Morgan fingerprint density at radius 1 is 0.800 bits per heavy atom. The quantitative estimate of drug-likeness (QED) is 0.352. The van der Waals surface area contributed by atoms with Crippen LogP contribution < -0.4 is 0 Å². The van der Waals surface area contributed by atoms with E-state index in [0.29, 0.717) is 6.61 Å². The van der Waals surface area contributed by atoms with Crippen molar-refractivity contribution in [2.75, 3.05) is 6.61 Å². The molecular formula is C17H34O3. The Bertz CT molecular complexity index is 231. The molecule has 0 aromatic rings. The fraction of sp³-hybridized carbons (Fsp3) is 0.941. The van der Waals surface area contributed by atoms with Gasteiger partial charge in [0.05, 0.1) is 6.61 Å². The number of carbonyl (C=O) groups excluding carboxylic acids is 1. The van der Waals surface area contributed by atoms with Crippen LogP contribution in [0.4, 0.5) is 4.79 Å². The van der Waals surface area contributed by atoms with Crippen LogP contribution in [0.15, 0.2) is 0 Å². The van der Waals surface area contributed by atoms with Crippen LogP contribution in [-0.4, -0.2) is 18.4 Å². The average molecular weight is 286 g/mol. The molecule has 0 spiro atoms. The second kappa shape index (κ2) is 12.0.